The summed E-state index contributed by atoms with van der Waals surface area (Å²) >= 11 is 0. The van der Waals surface area contributed by atoms with E-state index in [1.807, 2.05) is 30.3 Å². The van der Waals surface area contributed by atoms with Crippen LogP contribution >= 0.6 is 0 Å². The lowest BCUT2D eigenvalue weighted by atomic mass is 10.2. The van der Waals surface area contributed by atoms with Crippen LogP contribution in [0.25, 0.3) is 6.08 Å². The number of carbonyl (C=O) groups is 2. The number of pyridine rings is 1. The Morgan fingerprint density at radius 3 is 2.81 bits per heavy atom. The minimum Gasteiger partial charge on any atom is -0.321 e. The van der Waals surface area contributed by atoms with E-state index in [1.54, 1.807) is 24.4 Å². The summed E-state index contributed by atoms with van der Waals surface area (Å²) in [5.41, 5.74) is 1.48. The van der Waals surface area contributed by atoms with Crippen molar-refractivity contribution >= 4 is 29.4 Å². The molecule has 2 aromatic rings. The zero-order valence-corrected chi connectivity index (χ0v) is 11.2. The lowest BCUT2D eigenvalue weighted by Gasteiger charge is -2.26. The second-order valence-corrected chi connectivity index (χ2v) is 4.59. The monoisotopic (exact) mass is 279 g/mol. The van der Waals surface area contributed by atoms with E-state index in [0.29, 0.717) is 11.5 Å². The lowest BCUT2D eigenvalue weighted by molar-refractivity contribution is -0.119. The minimum absolute atomic E-state index is 0.0258. The third kappa shape index (κ3) is 2.81. The minimum atomic E-state index is -0.270. The summed E-state index contributed by atoms with van der Waals surface area (Å²) in [6.07, 6.45) is 4.77. The first-order valence-electron chi connectivity index (χ1n) is 6.53. The number of nitrogens with zero attached hydrogens (tertiary/aromatic N) is 2. The molecular weight excluding hydrogens is 266 g/mol. The molecule has 5 heteroatoms. The number of rotatable bonds is 2. The first kappa shape index (κ1) is 13.1. The van der Waals surface area contributed by atoms with E-state index in [1.165, 1.54) is 11.0 Å². The number of nitrogens with one attached hydrogen (secondary N) is 1. The van der Waals surface area contributed by atoms with Crippen LogP contribution < -0.4 is 10.2 Å². The van der Waals surface area contributed by atoms with Gasteiger partial charge in [-0.3, -0.25) is 14.5 Å². The molecule has 1 aliphatic rings. The zero-order valence-electron chi connectivity index (χ0n) is 11.2. The van der Waals surface area contributed by atoms with Gasteiger partial charge in [0.05, 0.1) is 5.69 Å². The molecule has 0 aliphatic carbocycles. The second kappa shape index (κ2) is 5.58. The Bertz CT molecular complexity index is 710. The van der Waals surface area contributed by atoms with Crippen LogP contribution in [-0.2, 0) is 9.59 Å². The Morgan fingerprint density at radius 1 is 1.19 bits per heavy atom. The van der Waals surface area contributed by atoms with Crippen molar-refractivity contribution in [3.8, 4) is 0 Å². The fourth-order valence-electron chi connectivity index (χ4n) is 2.12. The average molecular weight is 279 g/mol. The maximum absolute atomic E-state index is 12.3. The molecule has 21 heavy (non-hydrogen) atoms. The van der Waals surface area contributed by atoms with E-state index in [0.717, 1.165) is 5.56 Å². The first-order valence-corrected chi connectivity index (χ1v) is 6.53. The smallest absolute Gasteiger partial charge is 0.252 e. The summed E-state index contributed by atoms with van der Waals surface area (Å²) < 4.78 is 0. The van der Waals surface area contributed by atoms with Crippen LogP contribution in [0.3, 0.4) is 0 Å². The van der Waals surface area contributed by atoms with Crippen LogP contribution in [0.2, 0.25) is 0 Å². The van der Waals surface area contributed by atoms with E-state index < -0.39 is 0 Å². The normalized spacial score (nSPS) is 13.9. The Morgan fingerprint density at radius 2 is 2.00 bits per heavy atom. The van der Waals surface area contributed by atoms with Gasteiger partial charge in [-0.1, -0.05) is 30.3 Å². The zero-order chi connectivity index (χ0) is 14.7. The Balaban J connectivity index is 1.85. The van der Waals surface area contributed by atoms with Gasteiger partial charge in [0, 0.05) is 12.3 Å². The fraction of sp³-hybridized carbons (Fsp3) is 0.0625. The van der Waals surface area contributed by atoms with E-state index in [-0.39, 0.29) is 18.4 Å². The SMILES string of the molecule is O=C1CN(C(=O)/C=C/c2ccccc2)c2ncccc2N1. The van der Waals surface area contributed by atoms with Gasteiger partial charge in [-0.2, -0.15) is 0 Å². The van der Waals surface area contributed by atoms with Crippen LogP contribution in [0.5, 0.6) is 0 Å². The predicted molar refractivity (Wildman–Crippen MR) is 80.7 cm³/mol. The maximum Gasteiger partial charge on any atom is 0.252 e. The summed E-state index contributed by atoms with van der Waals surface area (Å²) in [5, 5.41) is 2.70. The van der Waals surface area contributed by atoms with Gasteiger partial charge in [0.15, 0.2) is 5.82 Å². The molecule has 0 unspecified atom stereocenters. The first-order chi connectivity index (χ1) is 10.2. The van der Waals surface area contributed by atoms with Gasteiger partial charge in [0.1, 0.15) is 6.54 Å². The fourth-order valence-corrected chi connectivity index (χ4v) is 2.12. The van der Waals surface area contributed by atoms with E-state index in [4.69, 9.17) is 0 Å². The molecule has 0 saturated carbocycles. The number of hydrogen-bond donors (Lipinski definition) is 1. The number of fused-ring (bicyclic) bond motifs is 1. The van der Waals surface area contributed by atoms with Crippen LogP contribution in [0.1, 0.15) is 5.56 Å². The molecule has 0 fully saturated rings. The molecular formula is C16H13N3O2. The summed E-state index contributed by atoms with van der Waals surface area (Å²) in [5.74, 6) is -0.0228. The van der Waals surface area contributed by atoms with E-state index in [9.17, 15) is 9.59 Å². The van der Waals surface area contributed by atoms with Gasteiger partial charge in [0.25, 0.3) is 5.91 Å². The molecule has 3 rings (SSSR count). The summed E-state index contributed by atoms with van der Waals surface area (Å²) in [7, 11) is 0. The highest BCUT2D eigenvalue weighted by molar-refractivity contribution is 6.13. The number of benzene rings is 1. The Hall–Kier alpha value is -2.95. The van der Waals surface area contributed by atoms with Crippen LogP contribution in [-0.4, -0.2) is 23.3 Å². The highest BCUT2D eigenvalue weighted by Crippen LogP contribution is 2.26. The van der Waals surface area contributed by atoms with Crippen molar-refractivity contribution < 1.29 is 9.59 Å². The molecule has 0 bridgehead atoms. The largest absolute Gasteiger partial charge is 0.321 e. The number of amides is 2. The topological polar surface area (TPSA) is 62.3 Å². The predicted octanol–water partition coefficient (Wildman–Crippen LogP) is 2.08. The van der Waals surface area contributed by atoms with Crippen molar-refractivity contribution in [1.29, 1.82) is 0 Å². The van der Waals surface area contributed by atoms with Gasteiger partial charge >= 0.3 is 0 Å². The van der Waals surface area contributed by atoms with Gasteiger partial charge in [-0.15, -0.1) is 0 Å². The average Bonchev–Trinajstić information content (AvgIpc) is 2.52. The number of hydrogen-bond acceptors (Lipinski definition) is 3. The number of aromatic nitrogens is 1. The van der Waals surface area contributed by atoms with Crippen molar-refractivity contribution in [3.63, 3.8) is 0 Å². The Labute approximate surface area is 121 Å². The van der Waals surface area contributed by atoms with Gasteiger partial charge in [0.2, 0.25) is 5.91 Å². The standard InChI is InChI=1S/C16H13N3O2/c20-14-11-19(16-13(18-14)7-4-10-17-16)15(21)9-8-12-5-2-1-3-6-12/h1-10H,11H2,(H,18,20)/b9-8+. The lowest BCUT2D eigenvalue weighted by Crippen LogP contribution is -2.41. The molecule has 0 saturated heterocycles. The third-order valence-corrected chi connectivity index (χ3v) is 3.10. The van der Waals surface area contributed by atoms with Crippen LogP contribution in [0, 0.1) is 0 Å². The van der Waals surface area contributed by atoms with Gasteiger partial charge in [-0.25, -0.2) is 4.98 Å². The van der Waals surface area contributed by atoms with Gasteiger partial charge in [-0.05, 0) is 23.8 Å². The summed E-state index contributed by atoms with van der Waals surface area (Å²) in [6, 6.07) is 12.9. The van der Waals surface area contributed by atoms with Gasteiger partial charge < -0.3 is 5.32 Å². The highest BCUT2D eigenvalue weighted by atomic mass is 16.2. The van der Waals surface area contributed by atoms with Crippen molar-refractivity contribution in [2.45, 2.75) is 0 Å². The van der Waals surface area contributed by atoms with E-state index in [2.05, 4.69) is 10.3 Å². The second-order valence-electron chi connectivity index (χ2n) is 4.59. The molecule has 1 aromatic carbocycles. The van der Waals surface area contributed by atoms with Crippen molar-refractivity contribution in [3.05, 3.63) is 60.3 Å². The quantitative estimate of drug-likeness (QED) is 0.856. The van der Waals surface area contributed by atoms with Crippen LogP contribution in [0.4, 0.5) is 11.5 Å². The third-order valence-electron chi connectivity index (χ3n) is 3.10. The molecule has 104 valence electrons. The van der Waals surface area contributed by atoms with Crippen molar-refractivity contribution in [1.82, 2.24) is 4.98 Å². The molecule has 1 aromatic heterocycles. The maximum atomic E-state index is 12.3. The van der Waals surface area contributed by atoms with E-state index >= 15 is 0 Å². The molecule has 1 N–H and O–H groups in total. The summed E-state index contributed by atoms with van der Waals surface area (Å²) in [4.78, 5) is 29.5. The molecule has 5 nitrogen and oxygen atoms in total. The number of carbonyl (C=O) groups excluding carboxylic acids is 2. The summed E-state index contributed by atoms with van der Waals surface area (Å²) in [6.45, 7) is -0.0258. The molecule has 2 amide bonds. The highest BCUT2D eigenvalue weighted by Gasteiger charge is 2.26. The molecule has 2 heterocycles. The van der Waals surface area contributed by atoms with Crippen LogP contribution in [0.15, 0.2) is 54.7 Å². The molecule has 0 radical (unpaired) electrons. The molecule has 0 spiro atoms. The molecule has 1 aliphatic heterocycles. The van der Waals surface area contributed by atoms with Crippen molar-refractivity contribution in [2.24, 2.45) is 0 Å². The number of anilines is 2. The Kier molecular flexibility index (Phi) is 3.47. The van der Waals surface area contributed by atoms with Crippen molar-refractivity contribution in [2.75, 3.05) is 16.8 Å². The molecule has 0 atom stereocenters.